The standard InChI is InChI=1S/C15H9ClN2O3S/c16-11-3-1-2-4-12(11)18-14(20)10(13(19)17-15(18)22)7-9-5-6-21-8-9/h1-8H,(H,17,19,22)/b10-7+. The van der Waals surface area contributed by atoms with Crippen molar-refractivity contribution in [3.05, 3.63) is 59.0 Å². The van der Waals surface area contributed by atoms with Gasteiger partial charge in [0.05, 0.1) is 23.2 Å². The lowest BCUT2D eigenvalue weighted by molar-refractivity contribution is -0.122. The molecule has 2 aromatic rings. The van der Waals surface area contributed by atoms with Gasteiger partial charge in [-0.3, -0.25) is 19.8 Å². The summed E-state index contributed by atoms with van der Waals surface area (Å²) in [5.74, 6) is -1.09. The maximum Gasteiger partial charge on any atom is 0.270 e. The van der Waals surface area contributed by atoms with Crippen LogP contribution < -0.4 is 10.2 Å². The van der Waals surface area contributed by atoms with Crippen molar-refractivity contribution >= 4 is 52.5 Å². The van der Waals surface area contributed by atoms with Gasteiger partial charge >= 0.3 is 0 Å². The SMILES string of the molecule is O=C1NC(=S)N(c2ccccc2Cl)C(=O)/C1=C/c1ccoc1. The summed E-state index contributed by atoms with van der Waals surface area (Å²) >= 11 is 11.2. The van der Waals surface area contributed by atoms with E-state index in [1.54, 1.807) is 30.3 Å². The molecule has 0 bridgehead atoms. The van der Waals surface area contributed by atoms with E-state index in [1.807, 2.05) is 0 Å². The molecule has 3 rings (SSSR count). The summed E-state index contributed by atoms with van der Waals surface area (Å²) in [6.07, 6.45) is 4.32. The second kappa shape index (κ2) is 5.75. The van der Waals surface area contributed by atoms with Gasteiger partial charge in [-0.25, -0.2) is 0 Å². The fourth-order valence-corrected chi connectivity index (χ4v) is 2.53. The summed E-state index contributed by atoms with van der Waals surface area (Å²) < 4.78 is 4.93. The maximum atomic E-state index is 12.6. The lowest BCUT2D eigenvalue weighted by atomic mass is 10.1. The van der Waals surface area contributed by atoms with Crippen LogP contribution in [0.25, 0.3) is 6.08 Å². The van der Waals surface area contributed by atoms with E-state index in [9.17, 15) is 9.59 Å². The number of carbonyl (C=O) groups is 2. The topological polar surface area (TPSA) is 62.6 Å². The Kier molecular flexibility index (Phi) is 3.79. The molecule has 1 aliphatic heterocycles. The van der Waals surface area contributed by atoms with Gasteiger partial charge in [0.2, 0.25) is 0 Å². The Labute approximate surface area is 136 Å². The number of hydrogen-bond acceptors (Lipinski definition) is 4. The molecule has 0 saturated carbocycles. The molecule has 1 aromatic carbocycles. The van der Waals surface area contributed by atoms with E-state index in [2.05, 4.69) is 5.32 Å². The number of hydrogen-bond donors (Lipinski definition) is 1. The third kappa shape index (κ3) is 2.54. The Hall–Kier alpha value is -2.44. The number of carbonyl (C=O) groups excluding carboxylic acids is 2. The summed E-state index contributed by atoms with van der Waals surface area (Å²) in [6.45, 7) is 0. The number of halogens is 1. The van der Waals surface area contributed by atoms with Crippen molar-refractivity contribution in [2.24, 2.45) is 0 Å². The van der Waals surface area contributed by atoms with Crippen LogP contribution in [0.3, 0.4) is 0 Å². The number of anilines is 1. The van der Waals surface area contributed by atoms with E-state index in [1.165, 1.54) is 23.5 Å². The highest BCUT2D eigenvalue weighted by atomic mass is 35.5. The third-order valence-electron chi connectivity index (χ3n) is 3.05. The Morgan fingerprint density at radius 1 is 1.23 bits per heavy atom. The van der Waals surface area contributed by atoms with Gasteiger partial charge in [-0.2, -0.15) is 0 Å². The first-order valence-electron chi connectivity index (χ1n) is 6.26. The molecule has 5 nitrogen and oxygen atoms in total. The van der Waals surface area contributed by atoms with Gasteiger partial charge in [0.15, 0.2) is 5.11 Å². The van der Waals surface area contributed by atoms with Crippen LogP contribution in [0.4, 0.5) is 5.69 Å². The van der Waals surface area contributed by atoms with Gasteiger partial charge in [0.1, 0.15) is 5.57 Å². The van der Waals surface area contributed by atoms with E-state index in [4.69, 9.17) is 28.2 Å². The van der Waals surface area contributed by atoms with Crippen LogP contribution in [-0.2, 0) is 9.59 Å². The predicted octanol–water partition coefficient (Wildman–Crippen LogP) is 2.76. The number of para-hydroxylation sites is 1. The monoisotopic (exact) mass is 332 g/mol. The van der Waals surface area contributed by atoms with E-state index < -0.39 is 11.8 Å². The molecule has 110 valence electrons. The van der Waals surface area contributed by atoms with Crippen molar-refractivity contribution in [2.45, 2.75) is 0 Å². The number of benzene rings is 1. The van der Waals surface area contributed by atoms with Gasteiger partial charge in [-0.15, -0.1) is 0 Å². The summed E-state index contributed by atoms with van der Waals surface area (Å²) in [7, 11) is 0. The van der Waals surface area contributed by atoms with Crippen LogP contribution in [0, 0.1) is 0 Å². The van der Waals surface area contributed by atoms with Crippen LogP contribution >= 0.6 is 23.8 Å². The Morgan fingerprint density at radius 3 is 2.68 bits per heavy atom. The molecule has 1 saturated heterocycles. The number of nitrogens with zero attached hydrogens (tertiary/aromatic N) is 1. The molecule has 0 aliphatic carbocycles. The molecule has 0 atom stereocenters. The number of rotatable bonds is 2. The van der Waals surface area contributed by atoms with Crippen molar-refractivity contribution in [1.82, 2.24) is 5.32 Å². The zero-order valence-corrected chi connectivity index (χ0v) is 12.6. The van der Waals surface area contributed by atoms with Gasteiger partial charge in [-0.05, 0) is 36.5 Å². The van der Waals surface area contributed by atoms with Crippen LogP contribution in [0.1, 0.15) is 5.56 Å². The van der Waals surface area contributed by atoms with E-state index in [0.29, 0.717) is 16.3 Å². The summed E-state index contributed by atoms with van der Waals surface area (Å²) in [5, 5.41) is 2.84. The average Bonchev–Trinajstić information content (AvgIpc) is 2.98. The van der Waals surface area contributed by atoms with Crippen molar-refractivity contribution < 1.29 is 14.0 Å². The Balaban J connectivity index is 2.05. The molecule has 2 heterocycles. The third-order valence-corrected chi connectivity index (χ3v) is 3.65. The summed E-state index contributed by atoms with van der Waals surface area (Å²) in [4.78, 5) is 25.9. The smallest absolute Gasteiger partial charge is 0.270 e. The van der Waals surface area contributed by atoms with Gasteiger partial charge in [-0.1, -0.05) is 23.7 Å². The average molecular weight is 333 g/mol. The van der Waals surface area contributed by atoms with Crippen molar-refractivity contribution in [3.63, 3.8) is 0 Å². The highest BCUT2D eigenvalue weighted by Gasteiger charge is 2.35. The fraction of sp³-hybridized carbons (Fsp3) is 0. The lowest BCUT2D eigenvalue weighted by Gasteiger charge is -2.29. The molecule has 1 N–H and O–H groups in total. The molecule has 7 heteroatoms. The molecule has 0 spiro atoms. The molecule has 22 heavy (non-hydrogen) atoms. The minimum Gasteiger partial charge on any atom is -0.472 e. The first-order valence-corrected chi connectivity index (χ1v) is 7.05. The fourth-order valence-electron chi connectivity index (χ4n) is 2.03. The predicted molar refractivity (Wildman–Crippen MR) is 86.4 cm³/mol. The Morgan fingerprint density at radius 2 is 2.00 bits per heavy atom. The van der Waals surface area contributed by atoms with Crippen LogP contribution in [-0.4, -0.2) is 16.9 Å². The first-order chi connectivity index (χ1) is 10.6. The number of thiocarbonyl (C=S) groups is 1. The number of furan rings is 1. The lowest BCUT2D eigenvalue weighted by Crippen LogP contribution is -2.54. The zero-order valence-electron chi connectivity index (χ0n) is 11.1. The molecular weight excluding hydrogens is 324 g/mol. The molecule has 1 aromatic heterocycles. The second-order valence-electron chi connectivity index (χ2n) is 4.47. The normalized spacial score (nSPS) is 17.0. The summed E-state index contributed by atoms with van der Waals surface area (Å²) in [5.41, 5.74) is 0.970. The zero-order chi connectivity index (χ0) is 15.7. The van der Waals surface area contributed by atoms with Crippen LogP contribution in [0.2, 0.25) is 5.02 Å². The van der Waals surface area contributed by atoms with Gasteiger partial charge in [0.25, 0.3) is 11.8 Å². The van der Waals surface area contributed by atoms with Gasteiger partial charge < -0.3 is 4.42 Å². The first kappa shape index (κ1) is 14.5. The highest BCUT2D eigenvalue weighted by Crippen LogP contribution is 2.28. The Bertz CT molecular complexity index is 799. The van der Waals surface area contributed by atoms with E-state index in [-0.39, 0.29) is 10.7 Å². The summed E-state index contributed by atoms with van der Waals surface area (Å²) in [6, 6.07) is 8.40. The number of nitrogens with one attached hydrogen (secondary N) is 1. The maximum absolute atomic E-state index is 12.6. The largest absolute Gasteiger partial charge is 0.472 e. The molecule has 0 radical (unpaired) electrons. The molecule has 2 amide bonds. The van der Waals surface area contributed by atoms with Crippen LogP contribution in [0.15, 0.2) is 52.8 Å². The molecular formula is C15H9ClN2O3S. The van der Waals surface area contributed by atoms with Crippen LogP contribution in [0.5, 0.6) is 0 Å². The van der Waals surface area contributed by atoms with Crippen molar-refractivity contribution in [3.8, 4) is 0 Å². The van der Waals surface area contributed by atoms with Crippen molar-refractivity contribution in [1.29, 1.82) is 0 Å². The van der Waals surface area contributed by atoms with E-state index in [0.717, 1.165) is 0 Å². The van der Waals surface area contributed by atoms with E-state index >= 15 is 0 Å². The molecule has 1 fully saturated rings. The minimum absolute atomic E-state index is 0.00700. The molecule has 1 aliphatic rings. The van der Waals surface area contributed by atoms with Gasteiger partial charge in [0, 0.05) is 5.56 Å². The molecule has 0 unspecified atom stereocenters. The quantitative estimate of drug-likeness (QED) is 0.522. The van der Waals surface area contributed by atoms with Crippen molar-refractivity contribution in [2.75, 3.05) is 4.90 Å². The second-order valence-corrected chi connectivity index (χ2v) is 5.26. The highest BCUT2D eigenvalue weighted by molar-refractivity contribution is 7.80. The number of amides is 2. The minimum atomic E-state index is -0.556.